The molecular formula is C20H29N3O5S2. The Morgan fingerprint density at radius 3 is 2.93 bits per heavy atom. The first-order valence-corrected chi connectivity index (χ1v) is 11.4. The summed E-state index contributed by atoms with van der Waals surface area (Å²) in [6.07, 6.45) is 2.21. The van der Waals surface area contributed by atoms with E-state index in [0.717, 1.165) is 18.6 Å². The van der Waals surface area contributed by atoms with Gasteiger partial charge in [0.2, 0.25) is 5.91 Å². The van der Waals surface area contributed by atoms with Gasteiger partial charge in [0.25, 0.3) is 0 Å². The predicted molar refractivity (Wildman–Crippen MR) is 123 cm³/mol. The van der Waals surface area contributed by atoms with E-state index in [9.17, 15) is 9.59 Å². The van der Waals surface area contributed by atoms with Crippen LogP contribution in [-0.2, 0) is 9.63 Å². The maximum atomic E-state index is 13.1. The second kappa shape index (κ2) is 11.5. The number of thiol groups is 1. The van der Waals surface area contributed by atoms with Crippen LogP contribution in [0.2, 0.25) is 0 Å². The molecule has 1 N–H and O–H groups in total. The van der Waals surface area contributed by atoms with Gasteiger partial charge in [-0.15, -0.1) is 11.8 Å². The summed E-state index contributed by atoms with van der Waals surface area (Å²) >= 11 is 5.60. The normalized spacial score (nSPS) is 19.9. The topological polar surface area (TPSA) is 102 Å². The molecule has 0 aromatic carbocycles. The molecule has 0 saturated heterocycles. The predicted octanol–water partition coefficient (Wildman–Crippen LogP) is 3.22. The lowest BCUT2D eigenvalue weighted by atomic mass is 10.0. The fourth-order valence-corrected chi connectivity index (χ4v) is 4.02. The number of methoxy groups -OCH3 is 1. The number of ether oxygens (including phenoxy) is 1. The van der Waals surface area contributed by atoms with E-state index in [-0.39, 0.29) is 5.91 Å². The molecule has 0 aliphatic carbocycles. The SMILES string of the molecule is CCC[C@@H](NC(=O)[C@]1(C)CSC(/C(C)=N/OCCCS)=N1)c1cc(OC)cc(=O)o1. The van der Waals surface area contributed by atoms with E-state index in [2.05, 4.69) is 28.1 Å². The van der Waals surface area contributed by atoms with Gasteiger partial charge in [-0.2, -0.15) is 12.6 Å². The van der Waals surface area contributed by atoms with Gasteiger partial charge in [-0.25, -0.2) is 4.79 Å². The summed E-state index contributed by atoms with van der Waals surface area (Å²) < 4.78 is 10.5. The van der Waals surface area contributed by atoms with Crippen molar-refractivity contribution in [2.45, 2.75) is 51.6 Å². The third-order valence-electron chi connectivity index (χ3n) is 4.46. The Labute approximate surface area is 186 Å². The quantitative estimate of drug-likeness (QED) is 0.230. The van der Waals surface area contributed by atoms with Crippen molar-refractivity contribution in [3.8, 4) is 5.75 Å². The van der Waals surface area contributed by atoms with Crippen LogP contribution in [0.3, 0.4) is 0 Å². The average molecular weight is 456 g/mol. The van der Waals surface area contributed by atoms with Crippen LogP contribution in [0.5, 0.6) is 5.75 Å². The Morgan fingerprint density at radius 2 is 2.27 bits per heavy atom. The fraction of sp³-hybridized carbons (Fsp3) is 0.600. The molecule has 0 spiro atoms. The Balaban J connectivity index is 2.14. The van der Waals surface area contributed by atoms with Crippen molar-refractivity contribution in [3.63, 3.8) is 0 Å². The monoisotopic (exact) mass is 455 g/mol. The van der Waals surface area contributed by atoms with Crippen molar-refractivity contribution < 1.29 is 18.8 Å². The molecule has 166 valence electrons. The highest BCUT2D eigenvalue weighted by molar-refractivity contribution is 8.16. The van der Waals surface area contributed by atoms with Gasteiger partial charge in [-0.1, -0.05) is 18.5 Å². The van der Waals surface area contributed by atoms with Crippen molar-refractivity contribution >= 4 is 41.1 Å². The number of hydrogen-bond acceptors (Lipinski definition) is 9. The third-order valence-corrected chi connectivity index (χ3v) is 6.14. The van der Waals surface area contributed by atoms with E-state index in [4.69, 9.17) is 14.0 Å². The Kier molecular flexibility index (Phi) is 9.29. The number of hydrogen-bond donors (Lipinski definition) is 2. The summed E-state index contributed by atoms with van der Waals surface area (Å²) in [5, 5.41) is 7.74. The van der Waals surface area contributed by atoms with Crippen molar-refractivity contribution in [2.24, 2.45) is 10.1 Å². The number of oxime groups is 1. The van der Waals surface area contributed by atoms with Crippen LogP contribution in [-0.4, -0.2) is 47.4 Å². The molecule has 10 heteroatoms. The molecule has 1 aromatic rings. The van der Waals surface area contributed by atoms with E-state index >= 15 is 0 Å². The summed E-state index contributed by atoms with van der Waals surface area (Å²) in [5.74, 6) is 1.73. The minimum atomic E-state index is -0.951. The molecule has 1 aromatic heterocycles. The smallest absolute Gasteiger partial charge is 0.339 e. The van der Waals surface area contributed by atoms with E-state index in [1.54, 1.807) is 19.9 Å². The van der Waals surface area contributed by atoms with E-state index in [1.807, 2.05) is 6.92 Å². The fourth-order valence-electron chi connectivity index (χ4n) is 2.76. The van der Waals surface area contributed by atoms with Crippen LogP contribution in [0.15, 0.2) is 31.5 Å². The van der Waals surface area contributed by atoms with Crippen LogP contribution in [0.25, 0.3) is 0 Å². The Morgan fingerprint density at radius 1 is 1.50 bits per heavy atom. The van der Waals surface area contributed by atoms with Gasteiger partial charge in [0.15, 0.2) is 0 Å². The van der Waals surface area contributed by atoms with Gasteiger partial charge < -0.3 is 19.3 Å². The molecule has 1 amide bonds. The number of nitrogens with one attached hydrogen (secondary N) is 1. The second-order valence-corrected chi connectivity index (χ2v) is 8.51. The van der Waals surface area contributed by atoms with Gasteiger partial charge in [0.1, 0.15) is 34.4 Å². The first kappa shape index (κ1) is 24.3. The van der Waals surface area contributed by atoms with Crippen LogP contribution in [0, 0.1) is 0 Å². The number of nitrogens with zero attached hydrogens (tertiary/aromatic N) is 2. The molecule has 2 rings (SSSR count). The third kappa shape index (κ3) is 6.53. The minimum Gasteiger partial charge on any atom is -0.496 e. The summed E-state index contributed by atoms with van der Waals surface area (Å²) in [4.78, 5) is 34.7. The molecular weight excluding hydrogens is 426 g/mol. The lowest BCUT2D eigenvalue weighted by Crippen LogP contribution is -2.45. The van der Waals surface area contributed by atoms with E-state index in [0.29, 0.717) is 41.0 Å². The standard InChI is InChI=1S/C20H29N3O5S2/c1-5-7-15(16-10-14(26-4)11-17(24)28-16)21-19(25)20(3)12-30-18(22-20)13(2)23-27-8-6-9-29/h10-11,15,29H,5-9,12H2,1-4H3,(H,21,25)/b23-13+/t15-,20+/m1/s1. The van der Waals surface area contributed by atoms with Crippen LogP contribution < -0.4 is 15.7 Å². The molecule has 2 heterocycles. The summed E-state index contributed by atoms with van der Waals surface area (Å²) in [5.41, 5.74) is -0.834. The first-order chi connectivity index (χ1) is 14.3. The Hall–Kier alpha value is -1.94. The maximum absolute atomic E-state index is 13.1. The highest BCUT2D eigenvalue weighted by atomic mass is 32.2. The van der Waals surface area contributed by atoms with Crippen LogP contribution >= 0.6 is 24.4 Å². The average Bonchev–Trinajstić information content (AvgIpc) is 3.14. The molecule has 0 unspecified atom stereocenters. The summed E-state index contributed by atoms with van der Waals surface area (Å²) in [7, 11) is 1.48. The number of carbonyl (C=O) groups is 1. The van der Waals surface area contributed by atoms with E-state index in [1.165, 1.54) is 24.9 Å². The number of rotatable bonds is 11. The lowest BCUT2D eigenvalue weighted by Gasteiger charge is -2.24. The highest BCUT2D eigenvalue weighted by Gasteiger charge is 2.40. The van der Waals surface area contributed by atoms with Gasteiger partial charge in [-0.3, -0.25) is 9.79 Å². The Bertz CT molecular complexity index is 855. The highest BCUT2D eigenvalue weighted by Crippen LogP contribution is 2.30. The molecule has 30 heavy (non-hydrogen) atoms. The molecule has 0 saturated carbocycles. The lowest BCUT2D eigenvalue weighted by molar-refractivity contribution is -0.125. The van der Waals surface area contributed by atoms with Crippen molar-refractivity contribution in [2.75, 3.05) is 25.2 Å². The zero-order valence-electron chi connectivity index (χ0n) is 17.8. The second-order valence-electron chi connectivity index (χ2n) is 7.10. The molecule has 2 atom stereocenters. The van der Waals surface area contributed by atoms with Gasteiger partial charge in [-0.05, 0) is 32.4 Å². The number of amides is 1. The van der Waals surface area contributed by atoms with Crippen LogP contribution in [0.1, 0.15) is 51.8 Å². The van der Waals surface area contributed by atoms with Crippen molar-refractivity contribution in [1.29, 1.82) is 0 Å². The molecule has 0 fully saturated rings. The summed E-state index contributed by atoms with van der Waals surface area (Å²) in [6.45, 7) is 6.07. The van der Waals surface area contributed by atoms with Gasteiger partial charge >= 0.3 is 5.63 Å². The summed E-state index contributed by atoms with van der Waals surface area (Å²) in [6, 6.07) is 2.44. The van der Waals surface area contributed by atoms with E-state index < -0.39 is 17.2 Å². The molecule has 0 bridgehead atoms. The molecule has 0 radical (unpaired) electrons. The molecule has 1 aliphatic heterocycles. The number of carbonyl (C=O) groups excluding carboxylic acids is 1. The largest absolute Gasteiger partial charge is 0.496 e. The number of aliphatic imine (C=N–C) groups is 1. The first-order valence-electron chi connectivity index (χ1n) is 9.83. The maximum Gasteiger partial charge on any atom is 0.339 e. The van der Waals surface area contributed by atoms with Crippen LogP contribution in [0.4, 0.5) is 0 Å². The molecule has 1 aliphatic rings. The molecule has 8 nitrogen and oxygen atoms in total. The number of thioether (sulfide) groups is 1. The van der Waals surface area contributed by atoms with Crippen molar-refractivity contribution in [3.05, 3.63) is 28.3 Å². The zero-order chi connectivity index (χ0) is 22.1. The van der Waals surface area contributed by atoms with Gasteiger partial charge in [0, 0.05) is 11.8 Å². The van der Waals surface area contributed by atoms with Crippen molar-refractivity contribution in [1.82, 2.24) is 5.32 Å². The van der Waals surface area contributed by atoms with Gasteiger partial charge in [0.05, 0.1) is 19.2 Å². The zero-order valence-corrected chi connectivity index (χ0v) is 19.5. The minimum absolute atomic E-state index is 0.238.